The van der Waals surface area contributed by atoms with Gasteiger partial charge in [-0.05, 0) is 42.8 Å². The van der Waals surface area contributed by atoms with Crippen molar-refractivity contribution in [3.8, 4) is 17.6 Å². The van der Waals surface area contributed by atoms with Gasteiger partial charge in [0.2, 0.25) is 0 Å². The number of para-hydroxylation sites is 1. The predicted molar refractivity (Wildman–Crippen MR) is 104 cm³/mol. The van der Waals surface area contributed by atoms with Crippen LogP contribution < -0.4 is 14.8 Å². The third-order valence-electron chi connectivity index (χ3n) is 3.55. The van der Waals surface area contributed by atoms with Crippen LogP contribution in [0, 0.1) is 11.3 Å². The van der Waals surface area contributed by atoms with Crippen molar-refractivity contribution in [2.45, 2.75) is 6.92 Å². The number of amides is 1. The Balaban J connectivity index is 2.22. The number of hydrogen-bond acceptors (Lipinski definition) is 6. The van der Waals surface area contributed by atoms with Gasteiger partial charge in [-0.1, -0.05) is 24.3 Å². The highest BCUT2D eigenvalue weighted by molar-refractivity contribution is 6.09. The molecule has 2 aromatic carbocycles. The van der Waals surface area contributed by atoms with Crippen LogP contribution in [-0.2, 0) is 14.3 Å². The number of methoxy groups -OCH3 is 1. The highest BCUT2D eigenvalue weighted by Crippen LogP contribution is 2.29. The first kappa shape index (κ1) is 20.5. The maximum absolute atomic E-state index is 12.3. The van der Waals surface area contributed by atoms with Gasteiger partial charge >= 0.3 is 5.97 Å². The molecule has 0 unspecified atom stereocenters. The molecule has 0 bridgehead atoms. The molecule has 0 aromatic heterocycles. The zero-order valence-corrected chi connectivity index (χ0v) is 15.6. The van der Waals surface area contributed by atoms with Crippen molar-refractivity contribution in [1.82, 2.24) is 0 Å². The van der Waals surface area contributed by atoms with E-state index >= 15 is 0 Å². The molecule has 144 valence electrons. The van der Waals surface area contributed by atoms with Crippen LogP contribution in [0.25, 0.3) is 6.08 Å². The third-order valence-corrected chi connectivity index (χ3v) is 3.55. The van der Waals surface area contributed by atoms with Gasteiger partial charge in [-0.2, -0.15) is 5.26 Å². The van der Waals surface area contributed by atoms with Gasteiger partial charge in [0.25, 0.3) is 5.91 Å². The van der Waals surface area contributed by atoms with Gasteiger partial charge in [0.05, 0.1) is 13.7 Å². The average molecular weight is 380 g/mol. The lowest BCUT2D eigenvalue weighted by Gasteiger charge is -2.12. The zero-order chi connectivity index (χ0) is 20.4. The van der Waals surface area contributed by atoms with Crippen LogP contribution in [0.3, 0.4) is 0 Å². The summed E-state index contributed by atoms with van der Waals surface area (Å²) in [7, 11) is 1.27. The SMILES string of the molecule is CCOc1cc(/C=C(/C#N)C(=O)Nc2ccccc2)ccc1OCC(=O)OC. The molecule has 0 saturated carbocycles. The van der Waals surface area contributed by atoms with Crippen LogP contribution in [0.2, 0.25) is 0 Å². The van der Waals surface area contributed by atoms with Gasteiger partial charge in [-0.3, -0.25) is 4.79 Å². The molecule has 0 aliphatic heterocycles. The lowest BCUT2D eigenvalue weighted by Crippen LogP contribution is -2.13. The maximum Gasteiger partial charge on any atom is 0.343 e. The highest BCUT2D eigenvalue weighted by Gasteiger charge is 2.12. The van der Waals surface area contributed by atoms with Crippen LogP contribution >= 0.6 is 0 Å². The van der Waals surface area contributed by atoms with E-state index in [4.69, 9.17) is 9.47 Å². The van der Waals surface area contributed by atoms with Gasteiger partial charge in [-0.15, -0.1) is 0 Å². The average Bonchev–Trinajstić information content (AvgIpc) is 2.72. The highest BCUT2D eigenvalue weighted by atomic mass is 16.6. The number of ether oxygens (including phenoxy) is 3. The van der Waals surface area contributed by atoms with E-state index in [1.807, 2.05) is 12.1 Å². The molecule has 28 heavy (non-hydrogen) atoms. The second-order valence-corrected chi connectivity index (χ2v) is 5.49. The zero-order valence-electron chi connectivity index (χ0n) is 15.6. The van der Waals surface area contributed by atoms with Crippen molar-refractivity contribution < 1.29 is 23.8 Å². The van der Waals surface area contributed by atoms with E-state index in [9.17, 15) is 14.9 Å². The molecule has 0 spiro atoms. The van der Waals surface area contributed by atoms with E-state index in [1.54, 1.807) is 49.4 Å². The first-order valence-corrected chi connectivity index (χ1v) is 8.52. The molecule has 0 fully saturated rings. The summed E-state index contributed by atoms with van der Waals surface area (Å²) < 4.78 is 15.5. The van der Waals surface area contributed by atoms with E-state index in [0.717, 1.165) is 0 Å². The molecular weight excluding hydrogens is 360 g/mol. The van der Waals surface area contributed by atoms with Crippen molar-refractivity contribution in [3.63, 3.8) is 0 Å². The standard InChI is InChI=1S/C21H20N2O5/c1-3-27-19-12-15(9-10-18(19)28-14-20(24)26-2)11-16(13-22)21(25)23-17-7-5-4-6-8-17/h4-12H,3,14H2,1-2H3,(H,23,25)/b16-11-. The van der Waals surface area contributed by atoms with Gasteiger partial charge in [-0.25, -0.2) is 4.79 Å². The Morgan fingerprint density at radius 2 is 1.86 bits per heavy atom. The number of anilines is 1. The largest absolute Gasteiger partial charge is 0.490 e. The minimum Gasteiger partial charge on any atom is -0.490 e. The number of nitrogens with zero attached hydrogens (tertiary/aromatic N) is 1. The minimum atomic E-state index is -0.518. The van der Waals surface area contributed by atoms with Crippen molar-refractivity contribution in [1.29, 1.82) is 5.26 Å². The second-order valence-electron chi connectivity index (χ2n) is 5.49. The lowest BCUT2D eigenvalue weighted by molar-refractivity contribution is -0.142. The number of nitriles is 1. The fourth-order valence-corrected chi connectivity index (χ4v) is 2.23. The van der Waals surface area contributed by atoms with Crippen molar-refractivity contribution in [3.05, 3.63) is 59.7 Å². The van der Waals surface area contributed by atoms with E-state index < -0.39 is 11.9 Å². The summed E-state index contributed by atoms with van der Waals surface area (Å²) in [6, 6.07) is 15.6. The van der Waals surface area contributed by atoms with Gasteiger partial charge in [0.1, 0.15) is 11.6 Å². The Kier molecular flexibility index (Phi) is 7.61. The Bertz CT molecular complexity index is 901. The minimum absolute atomic E-state index is 0.0606. The third kappa shape index (κ3) is 5.88. The molecule has 2 rings (SSSR count). The topological polar surface area (TPSA) is 97.6 Å². The van der Waals surface area contributed by atoms with Crippen LogP contribution in [0.5, 0.6) is 11.5 Å². The molecule has 1 N–H and O–H groups in total. The number of benzene rings is 2. The monoisotopic (exact) mass is 380 g/mol. The van der Waals surface area contributed by atoms with Crippen LogP contribution in [-0.4, -0.2) is 32.2 Å². The van der Waals surface area contributed by atoms with Gasteiger partial charge in [0, 0.05) is 5.69 Å². The van der Waals surface area contributed by atoms with Gasteiger partial charge in [0.15, 0.2) is 18.1 Å². The lowest BCUT2D eigenvalue weighted by atomic mass is 10.1. The Hall–Kier alpha value is -3.79. The first-order valence-electron chi connectivity index (χ1n) is 8.52. The molecule has 0 saturated heterocycles. The molecule has 7 nitrogen and oxygen atoms in total. The van der Waals surface area contributed by atoms with Crippen molar-refractivity contribution in [2.75, 3.05) is 25.6 Å². The summed E-state index contributed by atoms with van der Waals surface area (Å²) >= 11 is 0. The number of esters is 1. The molecule has 7 heteroatoms. The Morgan fingerprint density at radius 1 is 1.11 bits per heavy atom. The summed E-state index contributed by atoms with van der Waals surface area (Å²) in [5, 5.41) is 12.0. The van der Waals surface area contributed by atoms with E-state index in [1.165, 1.54) is 13.2 Å². The summed E-state index contributed by atoms with van der Waals surface area (Å²) in [5.41, 5.74) is 1.11. The fraction of sp³-hybridized carbons (Fsp3) is 0.190. The number of rotatable bonds is 8. The predicted octanol–water partition coefficient (Wildman–Crippen LogP) is 3.18. The van der Waals surface area contributed by atoms with Crippen LogP contribution in [0.4, 0.5) is 5.69 Å². The van der Waals surface area contributed by atoms with E-state index in [0.29, 0.717) is 29.4 Å². The quantitative estimate of drug-likeness (QED) is 0.429. The normalized spacial score (nSPS) is 10.5. The number of carbonyl (C=O) groups excluding carboxylic acids is 2. The fourth-order valence-electron chi connectivity index (χ4n) is 2.23. The summed E-state index contributed by atoms with van der Waals surface area (Å²) in [6.07, 6.45) is 1.45. The summed E-state index contributed by atoms with van der Waals surface area (Å²) in [5.74, 6) is -0.286. The first-order chi connectivity index (χ1) is 13.6. The van der Waals surface area contributed by atoms with E-state index in [-0.39, 0.29) is 12.2 Å². The molecule has 0 aliphatic rings. The molecule has 2 aromatic rings. The Labute approximate surface area is 163 Å². The summed E-state index contributed by atoms with van der Waals surface area (Å²) in [4.78, 5) is 23.6. The molecule has 0 heterocycles. The summed E-state index contributed by atoms with van der Waals surface area (Å²) in [6.45, 7) is 1.93. The molecule has 0 aliphatic carbocycles. The van der Waals surface area contributed by atoms with Crippen molar-refractivity contribution in [2.24, 2.45) is 0 Å². The molecular formula is C21H20N2O5. The number of nitrogens with one attached hydrogen (secondary N) is 1. The van der Waals surface area contributed by atoms with Crippen molar-refractivity contribution >= 4 is 23.6 Å². The molecule has 0 atom stereocenters. The molecule has 1 amide bonds. The van der Waals surface area contributed by atoms with Crippen LogP contribution in [0.15, 0.2) is 54.1 Å². The maximum atomic E-state index is 12.3. The second kappa shape index (κ2) is 10.4. The van der Waals surface area contributed by atoms with Crippen LogP contribution in [0.1, 0.15) is 12.5 Å². The number of hydrogen-bond donors (Lipinski definition) is 1. The number of carbonyl (C=O) groups is 2. The van der Waals surface area contributed by atoms with E-state index in [2.05, 4.69) is 10.1 Å². The Morgan fingerprint density at radius 3 is 2.50 bits per heavy atom. The smallest absolute Gasteiger partial charge is 0.343 e. The molecule has 0 radical (unpaired) electrons. The van der Waals surface area contributed by atoms with Gasteiger partial charge < -0.3 is 19.5 Å².